The summed E-state index contributed by atoms with van der Waals surface area (Å²) in [5, 5.41) is 0. The van der Waals surface area contributed by atoms with Gasteiger partial charge in [0.05, 0.1) is 18.6 Å². The zero-order chi connectivity index (χ0) is 22.5. The van der Waals surface area contributed by atoms with Crippen molar-refractivity contribution in [2.45, 2.75) is 110 Å². The molecule has 0 radical (unpaired) electrons. The Morgan fingerprint density at radius 2 is 1.37 bits per heavy atom. The molecule has 0 aromatic carbocycles. The monoisotopic (exact) mass is 464 g/mol. The number of hydrogen-bond acceptors (Lipinski definition) is 5. The van der Waals surface area contributed by atoms with E-state index in [1.807, 2.05) is 11.8 Å². The first-order valence-corrected chi connectivity index (χ1v) is 15.2. The number of unbranched alkanes of at least 4 members (excludes halogenated alkanes) is 12. The molecule has 0 saturated carbocycles. The summed E-state index contributed by atoms with van der Waals surface area (Å²) in [6.07, 6.45) is 16.8. The third-order valence-corrected chi connectivity index (χ3v) is 8.77. The van der Waals surface area contributed by atoms with Crippen molar-refractivity contribution in [2.24, 2.45) is 5.92 Å². The van der Waals surface area contributed by atoms with E-state index in [-0.39, 0.29) is 11.9 Å². The van der Waals surface area contributed by atoms with E-state index in [4.69, 9.17) is 0 Å². The molecule has 180 valence electrons. The number of rotatable bonds is 22. The van der Waals surface area contributed by atoms with Crippen LogP contribution in [-0.4, -0.2) is 44.5 Å². The molecule has 0 aliphatic rings. The first kappa shape index (κ1) is 29.8. The van der Waals surface area contributed by atoms with Crippen LogP contribution in [0.1, 0.15) is 110 Å². The van der Waals surface area contributed by atoms with Gasteiger partial charge in [0.15, 0.2) is 9.84 Å². The van der Waals surface area contributed by atoms with Gasteiger partial charge in [-0.05, 0) is 36.7 Å². The standard InChI is InChI=1S/C24H48O4S2/c1-4-5-6-7-13-16-19-29-21-23(2)22-30(26,27)20-17-14-11-9-8-10-12-15-18-24(25)28-3/h23H,4-22H2,1-3H3. The van der Waals surface area contributed by atoms with E-state index < -0.39 is 9.84 Å². The number of ether oxygens (including phenoxy) is 1. The van der Waals surface area contributed by atoms with E-state index in [1.54, 1.807) is 0 Å². The van der Waals surface area contributed by atoms with E-state index in [9.17, 15) is 13.2 Å². The fourth-order valence-corrected chi connectivity index (χ4v) is 6.63. The molecular weight excluding hydrogens is 416 g/mol. The van der Waals surface area contributed by atoms with Crippen molar-refractivity contribution >= 4 is 27.6 Å². The van der Waals surface area contributed by atoms with Crippen LogP contribution < -0.4 is 0 Å². The number of carbonyl (C=O) groups is 1. The van der Waals surface area contributed by atoms with Crippen molar-refractivity contribution in [3.63, 3.8) is 0 Å². The van der Waals surface area contributed by atoms with Gasteiger partial charge in [0.1, 0.15) is 0 Å². The Hall–Kier alpha value is -0.230. The van der Waals surface area contributed by atoms with Crippen LogP contribution in [0.5, 0.6) is 0 Å². The Kier molecular flexibility index (Phi) is 20.5. The maximum atomic E-state index is 12.3. The van der Waals surface area contributed by atoms with Gasteiger partial charge in [-0.3, -0.25) is 4.79 Å². The lowest BCUT2D eigenvalue weighted by atomic mass is 10.1. The summed E-state index contributed by atoms with van der Waals surface area (Å²) in [5.74, 6) is 2.95. The largest absolute Gasteiger partial charge is 0.469 e. The summed E-state index contributed by atoms with van der Waals surface area (Å²) in [6.45, 7) is 4.32. The van der Waals surface area contributed by atoms with Crippen LogP contribution in [0.3, 0.4) is 0 Å². The fraction of sp³-hybridized carbons (Fsp3) is 0.958. The van der Waals surface area contributed by atoms with Gasteiger partial charge in [-0.1, -0.05) is 84.5 Å². The summed E-state index contributed by atoms with van der Waals surface area (Å²) in [6, 6.07) is 0. The van der Waals surface area contributed by atoms with Gasteiger partial charge in [0.25, 0.3) is 0 Å². The van der Waals surface area contributed by atoms with Crippen molar-refractivity contribution in [3.05, 3.63) is 0 Å². The Labute approximate surface area is 191 Å². The van der Waals surface area contributed by atoms with Crippen molar-refractivity contribution in [2.75, 3.05) is 30.1 Å². The first-order chi connectivity index (χ1) is 14.4. The molecule has 0 aliphatic carbocycles. The van der Waals surface area contributed by atoms with Crippen molar-refractivity contribution in [1.82, 2.24) is 0 Å². The van der Waals surface area contributed by atoms with Crippen molar-refractivity contribution in [3.8, 4) is 0 Å². The lowest BCUT2D eigenvalue weighted by Gasteiger charge is -2.12. The van der Waals surface area contributed by atoms with Gasteiger partial charge in [0.2, 0.25) is 0 Å². The van der Waals surface area contributed by atoms with Gasteiger partial charge < -0.3 is 4.74 Å². The minimum atomic E-state index is -2.91. The zero-order valence-corrected chi connectivity index (χ0v) is 21.6. The lowest BCUT2D eigenvalue weighted by molar-refractivity contribution is -0.140. The van der Waals surface area contributed by atoms with Crippen molar-refractivity contribution in [1.29, 1.82) is 0 Å². The van der Waals surface area contributed by atoms with Crippen LogP contribution in [0.15, 0.2) is 0 Å². The second-order valence-electron chi connectivity index (χ2n) is 8.72. The highest BCUT2D eigenvalue weighted by atomic mass is 32.2. The molecule has 0 rings (SSSR count). The molecule has 0 amide bonds. The molecule has 0 N–H and O–H groups in total. The fourth-order valence-electron chi connectivity index (χ4n) is 3.59. The first-order valence-electron chi connectivity index (χ1n) is 12.3. The average Bonchev–Trinajstić information content (AvgIpc) is 2.70. The van der Waals surface area contributed by atoms with Crippen LogP contribution in [0.2, 0.25) is 0 Å². The Morgan fingerprint density at radius 3 is 1.97 bits per heavy atom. The summed E-state index contributed by atoms with van der Waals surface area (Å²) in [7, 11) is -1.48. The highest BCUT2D eigenvalue weighted by molar-refractivity contribution is 7.99. The van der Waals surface area contributed by atoms with Gasteiger partial charge in [0, 0.05) is 6.42 Å². The highest BCUT2D eigenvalue weighted by Gasteiger charge is 2.15. The molecule has 0 fully saturated rings. The van der Waals surface area contributed by atoms with E-state index in [0.717, 1.165) is 50.7 Å². The normalized spacial score (nSPS) is 12.8. The van der Waals surface area contributed by atoms with Gasteiger partial charge in [-0.25, -0.2) is 8.42 Å². The Balaban J connectivity index is 3.54. The maximum Gasteiger partial charge on any atom is 0.305 e. The molecule has 1 unspecified atom stereocenters. The highest BCUT2D eigenvalue weighted by Crippen LogP contribution is 2.16. The molecule has 4 nitrogen and oxygen atoms in total. The summed E-state index contributed by atoms with van der Waals surface area (Å²) >= 11 is 1.92. The smallest absolute Gasteiger partial charge is 0.305 e. The molecular formula is C24H48O4S2. The van der Waals surface area contributed by atoms with E-state index in [1.165, 1.54) is 57.8 Å². The van der Waals surface area contributed by atoms with Gasteiger partial charge in [-0.2, -0.15) is 11.8 Å². The molecule has 0 saturated heterocycles. The topological polar surface area (TPSA) is 60.4 Å². The number of hydrogen-bond donors (Lipinski definition) is 0. The molecule has 0 aromatic rings. The third-order valence-electron chi connectivity index (χ3n) is 5.40. The SMILES string of the molecule is CCCCCCCCSCC(C)CS(=O)(=O)CCCCCCCCCCC(=O)OC. The Morgan fingerprint density at radius 1 is 0.833 bits per heavy atom. The quantitative estimate of drug-likeness (QED) is 0.130. The van der Waals surface area contributed by atoms with Gasteiger partial charge >= 0.3 is 5.97 Å². The van der Waals surface area contributed by atoms with E-state index >= 15 is 0 Å². The lowest BCUT2D eigenvalue weighted by Crippen LogP contribution is -2.18. The maximum absolute atomic E-state index is 12.3. The second-order valence-corrected chi connectivity index (χ2v) is 12.1. The van der Waals surface area contributed by atoms with Crippen LogP contribution in [0, 0.1) is 5.92 Å². The van der Waals surface area contributed by atoms with Crippen LogP contribution >= 0.6 is 11.8 Å². The molecule has 1 atom stereocenters. The molecule has 0 heterocycles. The number of thioether (sulfide) groups is 1. The molecule has 0 spiro atoms. The number of esters is 1. The Bertz CT molecular complexity index is 491. The summed E-state index contributed by atoms with van der Waals surface area (Å²) in [5.41, 5.74) is 0. The minimum Gasteiger partial charge on any atom is -0.469 e. The second kappa shape index (κ2) is 20.7. The van der Waals surface area contributed by atoms with Gasteiger partial charge in [-0.15, -0.1) is 0 Å². The number of carbonyl (C=O) groups excluding carboxylic acids is 1. The predicted molar refractivity (Wildman–Crippen MR) is 132 cm³/mol. The van der Waals surface area contributed by atoms with E-state index in [0.29, 0.717) is 17.9 Å². The molecule has 30 heavy (non-hydrogen) atoms. The van der Waals surface area contributed by atoms with Crippen LogP contribution in [-0.2, 0) is 19.4 Å². The summed E-state index contributed by atoms with van der Waals surface area (Å²) in [4.78, 5) is 11.0. The predicted octanol–water partition coefficient (Wildman–Crippen LogP) is 6.81. The third kappa shape index (κ3) is 21.0. The molecule has 0 aliphatic heterocycles. The molecule has 0 aromatic heterocycles. The minimum absolute atomic E-state index is 0.123. The molecule has 6 heteroatoms. The van der Waals surface area contributed by atoms with Crippen LogP contribution in [0.4, 0.5) is 0 Å². The van der Waals surface area contributed by atoms with E-state index in [2.05, 4.69) is 18.6 Å². The number of methoxy groups -OCH3 is 1. The molecule has 0 bridgehead atoms. The van der Waals surface area contributed by atoms with Crippen molar-refractivity contribution < 1.29 is 17.9 Å². The average molecular weight is 465 g/mol. The van der Waals surface area contributed by atoms with Crippen LogP contribution in [0.25, 0.3) is 0 Å². The summed E-state index contributed by atoms with van der Waals surface area (Å²) < 4.78 is 29.3. The zero-order valence-electron chi connectivity index (χ0n) is 20.0. The number of sulfone groups is 1.